The third-order valence-electron chi connectivity index (χ3n) is 3.63. The summed E-state index contributed by atoms with van der Waals surface area (Å²) in [5, 5.41) is 9.34. The summed E-state index contributed by atoms with van der Waals surface area (Å²) in [6.07, 6.45) is -1.75. The summed E-state index contributed by atoms with van der Waals surface area (Å²) in [4.78, 5) is 19.4. The predicted octanol–water partition coefficient (Wildman–Crippen LogP) is 2.01. The molecule has 3 N–H and O–H groups in total. The summed E-state index contributed by atoms with van der Waals surface area (Å²) in [6, 6.07) is 1.07. The van der Waals surface area contributed by atoms with Crippen LogP contribution in [-0.4, -0.2) is 30.3 Å². The number of halogens is 4. The topological polar surface area (TPSA) is 76.9 Å². The molecule has 1 saturated carbocycles. The molecule has 2 aliphatic rings. The molecule has 24 heavy (non-hydrogen) atoms. The minimum atomic E-state index is -4.47. The van der Waals surface area contributed by atoms with Crippen LogP contribution in [0.15, 0.2) is 17.4 Å². The predicted molar refractivity (Wildman–Crippen MR) is 79.6 cm³/mol. The smallest absolute Gasteiger partial charge is 0.387 e. The lowest BCUT2D eigenvalue weighted by Crippen LogP contribution is -2.33. The Labute approximate surface area is 140 Å². The van der Waals surface area contributed by atoms with Crippen LogP contribution in [0.25, 0.3) is 0 Å². The highest BCUT2D eigenvalue weighted by Gasteiger charge is 2.34. The Morgan fingerprint density at radius 1 is 1.46 bits per heavy atom. The first-order chi connectivity index (χ1) is 11.3. The van der Waals surface area contributed by atoms with Crippen molar-refractivity contribution in [3.8, 4) is 0 Å². The van der Waals surface area contributed by atoms with Gasteiger partial charge >= 0.3 is 6.18 Å². The van der Waals surface area contributed by atoms with Gasteiger partial charge in [-0.05, 0) is 18.9 Å². The molecule has 1 aromatic heterocycles. The molecule has 1 aliphatic heterocycles. The van der Waals surface area contributed by atoms with Crippen molar-refractivity contribution in [2.24, 2.45) is 5.16 Å². The van der Waals surface area contributed by atoms with Gasteiger partial charge in [-0.2, -0.15) is 13.2 Å². The van der Waals surface area contributed by atoms with Crippen LogP contribution in [0.3, 0.4) is 0 Å². The highest BCUT2D eigenvalue weighted by atomic mass is 35.5. The maximum atomic E-state index is 12.6. The van der Waals surface area contributed by atoms with Crippen molar-refractivity contribution < 1.29 is 27.8 Å². The number of oxime groups is 1. The minimum absolute atomic E-state index is 0.0876. The summed E-state index contributed by atoms with van der Waals surface area (Å²) in [5.74, 6) is 0.00303. The van der Waals surface area contributed by atoms with Crippen LogP contribution in [0.5, 0.6) is 0 Å². The number of amides is 1. The third kappa shape index (κ3) is 4.08. The molecule has 6 nitrogen and oxygen atoms in total. The van der Waals surface area contributed by atoms with Crippen LogP contribution in [0.4, 0.5) is 19.0 Å². The molecule has 0 saturated heterocycles. The monoisotopic (exact) mass is 363 g/mol. The Morgan fingerprint density at radius 3 is 2.83 bits per heavy atom. The number of nitrogens with one attached hydrogen (secondary N) is 3. The molecule has 1 amide bonds. The number of aromatic nitrogens is 1. The van der Waals surface area contributed by atoms with Gasteiger partial charge in [-0.1, -0.05) is 16.8 Å². The molecule has 130 valence electrons. The Hall–Kier alpha value is -2.03. The van der Waals surface area contributed by atoms with E-state index in [0.29, 0.717) is 12.1 Å². The number of rotatable bonds is 5. The Kier molecular flexibility index (Phi) is 4.53. The van der Waals surface area contributed by atoms with Crippen molar-refractivity contribution in [1.82, 2.24) is 5.32 Å². The molecule has 1 fully saturated rings. The number of carbonyl (C=O) groups is 1. The molecule has 0 bridgehead atoms. The first-order valence-electron chi connectivity index (χ1n) is 7.39. The summed E-state index contributed by atoms with van der Waals surface area (Å²) in [6.45, 7) is 0.241. The molecule has 2 heterocycles. The largest absolute Gasteiger partial charge is 0.419 e. The SMILES string of the molecule is O=C(NC1CC1)C1=NO[C@@H](CNc2[nH+]cc(C(F)(F)F)cc2Cl)C1. The standard InChI is InChI=1S/C14H14ClF3N4O2/c15-10-3-7(14(16,17)18)5-19-12(10)20-6-9-4-11(22-24-9)13(23)21-8-1-2-8/h3,5,8-9H,1-2,4,6H2,(H,19,20)(H,21,23)/p+1/t9-/m1/s1. The maximum absolute atomic E-state index is 12.6. The normalized spacial score (nSPS) is 20.3. The second-order valence-electron chi connectivity index (χ2n) is 5.71. The number of H-pyrrole nitrogens is 1. The van der Waals surface area contributed by atoms with Crippen LogP contribution in [0.1, 0.15) is 24.8 Å². The van der Waals surface area contributed by atoms with Crippen LogP contribution in [0, 0.1) is 0 Å². The van der Waals surface area contributed by atoms with Crippen LogP contribution in [-0.2, 0) is 15.8 Å². The molecule has 3 rings (SSSR count). The van der Waals surface area contributed by atoms with Gasteiger partial charge in [-0.15, -0.1) is 0 Å². The summed E-state index contributed by atoms with van der Waals surface area (Å²) < 4.78 is 37.7. The van der Waals surface area contributed by atoms with Crippen molar-refractivity contribution in [3.63, 3.8) is 0 Å². The van der Waals surface area contributed by atoms with Gasteiger partial charge < -0.3 is 10.2 Å². The van der Waals surface area contributed by atoms with Gasteiger partial charge in [0.2, 0.25) is 0 Å². The molecular formula is C14H15ClF3N4O2+. The third-order valence-corrected chi connectivity index (χ3v) is 3.93. The number of hydrogen-bond donors (Lipinski definition) is 2. The van der Waals surface area contributed by atoms with Gasteiger partial charge in [0.15, 0.2) is 6.10 Å². The molecule has 0 radical (unpaired) electrons. The van der Waals surface area contributed by atoms with Crippen molar-refractivity contribution in [2.75, 3.05) is 11.9 Å². The first-order valence-corrected chi connectivity index (χ1v) is 7.76. The quantitative estimate of drug-likeness (QED) is 0.840. The fourth-order valence-corrected chi connectivity index (χ4v) is 2.39. The van der Waals surface area contributed by atoms with E-state index in [1.165, 1.54) is 0 Å². The number of pyridine rings is 1. The second kappa shape index (κ2) is 6.46. The number of nitrogens with zero attached hydrogens (tertiary/aromatic N) is 1. The summed E-state index contributed by atoms with van der Waals surface area (Å²) in [7, 11) is 0. The van der Waals surface area contributed by atoms with Crippen molar-refractivity contribution in [3.05, 3.63) is 22.8 Å². The zero-order valence-electron chi connectivity index (χ0n) is 12.4. The van der Waals surface area contributed by atoms with Crippen molar-refractivity contribution in [2.45, 2.75) is 37.6 Å². The second-order valence-corrected chi connectivity index (χ2v) is 6.11. The highest BCUT2D eigenvalue weighted by Crippen LogP contribution is 2.31. The Balaban J connectivity index is 1.51. The summed E-state index contributed by atoms with van der Waals surface area (Å²) in [5.41, 5.74) is -0.547. The summed E-state index contributed by atoms with van der Waals surface area (Å²) >= 11 is 5.84. The van der Waals surface area contributed by atoms with Crippen LogP contribution >= 0.6 is 11.6 Å². The van der Waals surface area contributed by atoms with Gasteiger partial charge in [0, 0.05) is 12.5 Å². The lowest BCUT2D eigenvalue weighted by Gasteiger charge is -2.08. The molecule has 1 aliphatic carbocycles. The zero-order valence-corrected chi connectivity index (χ0v) is 13.2. The highest BCUT2D eigenvalue weighted by molar-refractivity contribution is 6.39. The molecule has 1 atom stereocenters. The molecule has 10 heteroatoms. The van der Waals surface area contributed by atoms with E-state index in [2.05, 4.69) is 20.8 Å². The lowest BCUT2D eigenvalue weighted by molar-refractivity contribution is -0.364. The Bertz CT molecular complexity index is 676. The fourth-order valence-electron chi connectivity index (χ4n) is 2.15. The maximum Gasteiger partial charge on any atom is 0.419 e. The number of anilines is 1. The van der Waals surface area contributed by atoms with E-state index >= 15 is 0 Å². The first kappa shape index (κ1) is 16.8. The average molecular weight is 364 g/mol. The van der Waals surface area contributed by atoms with Crippen molar-refractivity contribution >= 4 is 29.0 Å². The molecule has 0 aromatic carbocycles. The number of alkyl halides is 3. The number of hydrogen-bond acceptors (Lipinski definition) is 4. The van der Waals surface area contributed by atoms with Gasteiger partial charge in [0.25, 0.3) is 11.7 Å². The van der Waals surface area contributed by atoms with Crippen LogP contribution < -0.4 is 15.6 Å². The van der Waals surface area contributed by atoms with E-state index in [1.54, 1.807) is 0 Å². The Morgan fingerprint density at radius 2 is 2.21 bits per heavy atom. The van der Waals surface area contributed by atoms with Gasteiger partial charge in [-0.25, -0.2) is 4.98 Å². The minimum Gasteiger partial charge on any atom is -0.387 e. The van der Waals surface area contributed by atoms with Gasteiger partial charge in [-0.3, -0.25) is 10.1 Å². The zero-order chi connectivity index (χ0) is 17.3. The number of carbonyl (C=O) groups excluding carboxylic acids is 1. The molecular weight excluding hydrogens is 349 g/mol. The molecule has 0 unspecified atom stereocenters. The van der Waals surface area contributed by atoms with E-state index in [9.17, 15) is 18.0 Å². The van der Waals surface area contributed by atoms with Crippen LogP contribution in [0.2, 0.25) is 5.02 Å². The number of aromatic amines is 1. The van der Waals surface area contributed by atoms with E-state index in [4.69, 9.17) is 16.4 Å². The lowest BCUT2D eigenvalue weighted by atomic mass is 10.1. The van der Waals surface area contributed by atoms with E-state index < -0.39 is 17.8 Å². The molecule has 1 aromatic rings. The van der Waals surface area contributed by atoms with Crippen molar-refractivity contribution in [1.29, 1.82) is 0 Å². The van der Waals surface area contributed by atoms with E-state index in [1.807, 2.05) is 0 Å². The average Bonchev–Trinajstić information content (AvgIpc) is 3.19. The molecule has 0 spiro atoms. The van der Waals surface area contributed by atoms with Gasteiger partial charge in [0.05, 0.1) is 5.56 Å². The van der Waals surface area contributed by atoms with Gasteiger partial charge in [0.1, 0.15) is 23.5 Å². The fraction of sp³-hybridized carbons (Fsp3) is 0.500. The van der Waals surface area contributed by atoms with E-state index in [0.717, 1.165) is 25.1 Å². The van der Waals surface area contributed by atoms with E-state index in [-0.39, 0.29) is 29.3 Å².